The second kappa shape index (κ2) is 9.91. The average Bonchev–Trinajstić information content (AvgIpc) is 2.34. The number of nitrogens with two attached hydrogens (primary N) is 1. The van der Waals surface area contributed by atoms with Crippen molar-refractivity contribution in [1.29, 1.82) is 0 Å². The van der Waals surface area contributed by atoms with Crippen molar-refractivity contribution in [1.82, 2.24) is 0 Å². The van der Waals surface area contributed by atoms with Crippen LogP contribution in [0.15, 0.2) is 0 Å². The molecular weight excluding hydrogens is 314 g/mol. The van der Waals surface area contributed by atoms with Gasteiger partial charge in [0.05, 0.1) is 18.1 Å². The van der Waals surface area contributed by atoms with Crippen molar-refractivity contribution in [3.05, 3.63) is 0 Å². The normalized spacial score (nSPS) is 15.8. The van der Waals surface area contributed by atoms with Gasteiger partial charge in [0.2, 0.25) is 0 Å². The lowest BCUT2D eigenvalue weighted by Gasteiger charge is -2.34. The number of carbonyl (C=O) groups excluding carboxylic acids is 1. The zero-order valence-electron chi connectivity index (χ0n) is 18.2. The fraction of sp³-hybridized carbons (Fsp3) is 0.952. The van der Waals surface area contributed by atoms with Crippen molar-refractivity contribution in [3.63, 3.8) is 0 Å². The van der Waals surface area contributed by atoms with Crippen LogP contribution in [-0.4, -0.2) is 30.3 Å². The number of carbonyl (C=O) groups is 1. The van der Waals surface area contributed by atoms with Gasteiger partial charge in [0, 0.05) is 6.42 Å². The van der Waals surface area contributed by atoms with Gasteiger partial charge in [-0.25, -0.2) is 0 Å². The van der Waals surface area contributed by atoms with E-state index in [1.807, 2.05) is 20.8 Å². The van der Waals surface area contributed by atoms with Gasteiger partial charge in [0.15, 0.2) is 0 Å². The van der Waals surface area contributed by atoms with Crippen LogP contribution in [0.25, 0.3) is 0 Å². The van der Waals surface area contributed by atoms with E-state index in [0.29, 0.717) is 25.5 Å². The van der Waals surface area contributed by atoms with Gasteiger partial charge in [0.25, 0.3) is 0 Å². The van der Waals surface area contributed by atoms with Crippen molar-refractivity contribution < 1.29 is 14.3 Å². The smallest absolute Gasteiger partial charge is 0.309 e. The molecule has 0 aliphatic carbocycles. The largest absolute Gasteiger partial charge is 0.459 e. The molecule has 150 valence electrons. The van der Waals surface area contributed by atoms with Gasteiger partial charge in [0.1, 0.15) is 5.60 Å². The lowest BCUT2D eigenvalue weighted by atomic mass is 9.83. The van der Waals surface area contributed by atoms with E-state index in [-0.39, 0.29) is 22.9 Å². The molecule has 0 bridgehead atoms. The number of rotatable bonds is 11. The van der Waals surface area contributed by atoms with Gasteiger partial charge in [-0.1, -0.05) is 34.6 Å². The Hall–Kier alpha value is -0.610. The molecule has 0 amide bonds. The summed E-state index contributed by atoms with van der Waals surface area (Å²) in [7, 11) is 0. The van der Waals surface area contributed by atoms with Crippen LogP contribution in [0.4, 0.5) is 0 Å². The molecular formula is C21H43NO3. The lowest BCUT2D eigenvalue weighted by molar-refractivity contribution is -0.164. The van der Waals surface area contributed by atoms with Crippen molar-refractivity contribution >= 4 is 5.97 Å². The summed E-state index contributed by atoms with van der Waals surface area (Å²) in [6, 6.07) is 0. The van der Waals surface area contributed by atoms with Gasteiger partial charge < -0.3 is 15.2 Å². The van der Waals surface area contributed by atoms with Gasteiger partial charge >= 0.3 is 5.97 Å². The summed E-state index contributed by atoms with van der Waals surface area (Å²) in [4.78, 5) is 12.4. The highest BCUT2D eigenvalue weighted by molar-refractivity contribution is 5.72. The summed E-state index contributed by atoms with van der Waals surface area (Å²) in [6.45, 7) is 20.1. The Kier molecular flexibility index (Phi) is 9.67. The first-order valence-corrected chi connectivity index (χ1v) is 9.74. The Morgan fingerprint density at radius 3 is 2.04 bits per heavy atom. The van der Waals surface area contributed by atoms with Crippen LogP contribution < -0.4 is 5.73 Å². The lowest BCUT2D eigenvalue weighted by Crippen LogP contribution is -2.35. The summed E-state index contributed by atoms with van der Waals surface area (Å²) in [5.41, 5.74) is 5.11. The fourth-order valence-corrected chi connectivity index (χ4v) is 3.43. The van der Waals surface area contributed by atoms with E-state index in [4.69, 9.17) is 15.2 Å². The van der Waals surface area contributed by atoms with Crippen molar-refractivity contribution in [2.45, 2.75) is 99.2 Å². The van der Waals surface area contributed by atoms with Crippen LogP contribution in [0.5, 0.6) is 0 Å². The van der Waals surface area contributed by atoms with Crippen LogP contribution in [-0.2, 0) is 14.3 Å². The van der Waals surface area contributed by atoms with Crippen molar-refractivity contribution in [3.8, 4) is 0 Å². The first-order chi connectivity index (χ1) is 11.2. The maximum Gasteiger partial charge on any atom is 0.309 e. The van der Waals surface area contributed by atoms with E-state index >= 15 is 0 Å². The highest BCUT2D eigenvalue weighted by Gasteiger charge is 2.29. The van der Waals surface area contributed by atoms with Crippen LogP contribution in [0.1, 0.15) is 88.0 Å². The highest BCUT2D eigenvalue weighted by atomic mass is 16.6. The Morgan fingerprint density at radius 2 is 1.56 bits per heavy atom. The number of hydrogen-bond acceptors (Lipinski definition) is 4. The molecule has 0 fully saturated rings. The molecule has 0 aliphatic rings. The molecule has 0 saturated carbocycles. The second-order valence-electron chi connectivity index (χ2n) is 10.1. The zero-order chi connectivity index (χ0) is 19.9. The van der Waals surface area contributed by atoms with Crippen LogP contribution >= 0.6 is 0 Å². The van der Waals surface area contributed by atoms with Gasteiger partial charge in [-0.05, 0) is 64.8 Å². The molecule has 0 aliphatic heterocycles. The molecule has 0 heterocycles. The molecule has 4 heteroatoms. The van der Waals surface area contributed by atoms with Gasteiger partial charge in [-0.3, -0.25) is 4.79 Å². The van der Waals surface area contributed by atoms with Crippen LogP contribution in [0.3, 0.4) is 0 Å². The Bertz CT molecular complexity index is 396. The molecule has 4 nitrogen and oxygen atoms in total. The molecule has 2 N–H and O–H groups in total. The number of ether oxygens (including phenoxy) is 2. The Morgan fingerprint density at radius 1 is 1.00 bits per heavy atom. The minimum Gasteiger partial charge on any atom is -0.459 e. The monoisotopic (exact) mass is 357 g/mol. The average molecular weight is 358 g/mol. The van der Waals surface area contributed by atoms with Crippen molar-refractivity contribution in [2.24, 2.45) is 23.0 Å². The molecule has 0 aromatic rings. The molecule has 25 heavy (non-hydrogen) atoms. The molecule has 0 spiro atoms. The summed E-state index contributed by atoms with van der Waals surface area (Å²) < 4.78 is 11.8. The predicted octanol–water partition coefficient (Wildman–Crippen LogP) is 4.94. The summed E-state index contributed by atoms with van der Waals surface area (Å²) in [5, 5.41) is 0. The van der Waals surface area contributed by atoms with E-state index in [1.54, 1.807) is 0 Å². The fourth-order valence-electron chi connectivity index (χ4n) is 3.43. The first kappa shape index (κ1) is 24.4. The van der Waals surface area contributed by atoms with E-state index < -0.39 is 5.60 Å². The number of esters is 1. The molecule has 0 aromatic heterocycles. The molecule has 2 atom stereocenters. The third-order valence-corrected chi connectivity index (χ3v) is 4.35. The highest BCUT2D eigenvalue weighted by Crippen LogP contribution is 2.30. The topological polar surface area (TPSA) is 61.6 Å². The molecule has 2 unspecified atom stereocenters. The maximum atomic E-state index is 12.4. The van der Waals surface area contributed by atoms with E-state index in [2.05, 4.69) is 41.5 Å². The Labute approximate surface area is 156 Å². The quantitative estimate of drug-likeness (QED) is 0.532. The van der Waals surface area contributed by atoms with E-state index in [9.17, 15) is 4.79 Å². The molecule has 0 saturated heterocycles. The van der Waals surface area contributed by atoms with E-state index in [0.717, 1.165) is 19.3 Å². The van der Waals surface area contributed by atoms with Crippen LogP contribution in [0.2, 0.25) is 0 Å². The van der Waals surface area contributed by atoms with E-state index in [1.165, 1.54) is 0 Å². The predicted molar refractivity (Wildman–Crippen MR) is 106 cm³/mol. The third kappa shape index (κ3) is 12.4. The molecule has 0 rings (SSSR count). The summed E-state index contributed by atoms with van der Waals surface area (Å²) in [5.74, 6) is 0.221. The van der Waals surface area contributed by atoms with Gasteiger partial charge in [-0.15, -0.1) is 0 Å². The first-order valence-electron chi connectivity index (χ1n) is 9.74. The second-order valence-corrected chi connectivity index (χ2v) is 10.1. The maximum absolute atomic E-state index is 12.4. The SMILES string of the molecule is CC(CCN)CC(C)C(=O)OC(C)(C)CCOC(C)(C)CC(C)(C)C. The van der Waals surface area contributed by atoms with Crippen molar-refractivity contribution in [2.75, 3.05) is 13.2 Å². The Balaban J connectivity index is 4.37. The summed E-state index contributed by atoms with van der Waals surface area (Å²) >= 11 is 0. The minimum absolute atomic E-state index is 0.0981. The number of hydrogen-bond donors (Lipinski definition) is 1. The van der Waals surface area contributed by atoms with Gasteiger partial charge in [-0.2, -0.15) is 0 Å². The molecule has 0 aromatic carbocycles. The minimum atomic E-state index is -0.514. The third-order valence-electron chi connectivity index (χ3n) is 4.35. The van der Waals surface area contributed by atoms with Crippen LogP contribution in [0, 0.1) is 17.3 Å². The standard InChI is InChI=1S/C21H43NO3/c1-16(10-12-22)14-17(2)18(23)25-20(6,7)11-13-24-21(8,9)15-19(3,4)5/h16-17H,10-15,22H2,1-9H3. The zero-order valence-corrected chi connectivity index (χ0v) is 18.2. The molecule has 0 radical (unpaired) electrons. The summed E-state index contributed by atoms with van der Waals surface area (Å²) in [6.07, 6.45) is 3.44.